The van der Waals surface area contributed by atoms with Crippen molar-refractivity contribution in [1.29, 1.82) is 0 Å². The van der Waals surface area contributed by atoms with Crippen LogP contribution in [-0.2, 0) is 23.4 Å². The first-order valence-corrected chi connectivity index (χ1v) is 10.5. The Morgan fingerprint density at radius 2 is 1.97 bits per heavy atom. The minimum absolute atomic E-state index is 0.220. The third-order valence-corrected chi connectivity index (χ3v) is 6.10. The molecule has 0 saturated carbocycles. The average molecular weight is 406 g/mol. The lowest BCUT2D eigenvalue weighted by Crippen LogP contribution is -2.47. The SMILES string of the molecule is Cc1nc(COc2ccc3c(c2)CCOC32CCN(c3nccnc3C)CC2)co1. The highest BCUT2D eigenvalue weighted by Crippen LogP contribution is 2.43. The Labute approximate surface area is 176 Å². The third kappa shape index (κ3) is 3.54. The molecular weight excluding hydrogens is 380 g/mol. The Bertz CT molecular complexity index is 1040. The van der Waals surface area contributed by atoms with Gasteiger partial charge in [0.05, 0.1) is 17.9 Å². The summed E-state index contributed by atoms with van der Waals surface area (Å²) < 4.78 is 17.6. The van der Waals surface area contributed by atoms with Crippen molar-refractivity contribution in [2.45, 2.75) is 45.3 Å². The molecule has 2 aliphatic rings. The van der Waals surface area contributed by atoms with Gasteiger partial charge in [0.1, 0.15) is 30.1 Å². The zero-order valence-corrected chi connectivity index (χ0v) is 17.4. The number of piperidine rings is 1. The highest BCUT2D eigenvalue weighted by atomic mass is 16.5. The average Bonchev–Trinajstić information content (AvgIpc) is 3.19. The number of oxazole rings is 1. The summed E-state index contributed by atoms with van der Waals surface area (Å²) in [5, 5.41) is 0. The highest BCUT2D eigenvalue weighted by molar-refractivity contribution is 5.45. The second-order valence-electron chi connectivity index (χ2n) is 8.01. The van der Waals surface area contributed by atoms with Gasteiger partial charge in [-0.25, -0.2) is 9.97 Å². The van der Waals surface area contributed by atoms with Crippen LogP contribution in [-0.4, -0.2) is 34.6 Å². The molecule has 2 aliphatic heterocycles. The van der Waals surface area contributed by atoms with Gasteiger partial charge in [-0.15, -0.1) is 0 Å². The van der Waals surface area contributed by atoms with Gasteiger partial charge < -0.3 is 18.8 Å². The normalized spacial score (nSPS) is 17.7. The van der Waals surface area contributed by atoms with Gasteiger partial charge >= 0.3 is 0 Å². The van der Waals surface area contributed by atoms with E-state index in [2.05, 4.69) is 32.0 Å². The molecule has 0 unspecified atom stereocenters. The zero-order chi connectivity index (χ0) is 20.6. The molecule has 2 aromatic heterocycles. The van der Waals surface area contributed by atoms with E-state index in [0.717, 1.165) is 61.9 Å². The monoisotopic (exact) mass is 406 g/mol. The molecule has 4 heterocycles. The Morgan fingerprint density at radius 1 is 1.13 bits per heavy atom. The number of hydrogen-bond donors (Lipinski definition) is 0. The van der Waals surface area contributed by atoms with Gasteiger partial charge in [0.2, 0.25) is 0 Å². The van der Waals surface area contributed by atoms with E-state index in [1.165, 1.54) is 11.1 Å². The molecule has 7 heteroatoms. The van der Waals surface area contributed by atoms with Crippen LogP contribution in [0.2, 0.25) is 0 Å². The Balaban J connectivity index is 1.31. The van der Waals surface area contributed by atoms with Crippen molar-refractivity contribution >= 4 is 5.82 Å². The van der Waals surface area contributed by atoms with E-state index in [1.807, 2.05) is 19.9 Å². The maximum atomic E-state index is 6.39. The molecule has 156 valence electrons. The lowest BCUT2D eigenvalue weighted by Gasteiger charge is -2.45. The number of benzene rings is 1. The van der Waals surface area contributed by atoms with Crippen molar-refractivity contribution in [2.24, 2.45) is 0 Å². The molecule has 1 fully saturated rings. The van der Waals surface area contributed by atoms with Gasteiger partial charge in [-0.1, -0.05) is 6.07 Å². The first kappa shape index (κ1) is 19.1. The number of aromatic nitrogens is 3. The number of fused-ring (bicyclic) bond motifs is 2. The first-order valence-electron chi connectivity index (χ1n) is 10.5. The maximum absolute atomic E-state index is 6.39. The predicted octanol–water partition coefficient (Wildman–Crippen LogP) is 3.73. The van der Waals surface area contributed by atoms with Crippen molar-refractivity contribution in [3.8, 4) is 5.75 Å². The summed E-state index contributed by atoms with van der Waals surface area (Å²) in [5.74, 6) is 2.50. The van der Waals surface area contributed by atoms with E-state index in [1.54, 1.807) is 18.7 Å². The van der Waals surface area contributed by atoms with Crippen LogP contribution < -0.4 is 9.64 Å². The van der Waals surface area contributed by atoms with Crippen LogP contribution in [0.1, 0.15) is 41.2 Å². The van der Waals surface area contributed by atoms with Gasteiger partial charge in [-0.05, 0) is 49.4 Å². The molecule has 5 rings (SSSR count). The number of nitrogens with zero attached hydrogens (tertiary/aromatic N) is 4. The smallest absolute Gasteiger partial charge is 0.191 e. The molecule has 1 saturated heterocycles. The molecule has 7 nitrogen and oxygen atoms in total. The van der Waals surface area contributed by atoms with Crippen LogP contribution >= 0.6 is 0 Å². The number of hydrogen-bond acceptors (Lipinski definition) is 7. The van der Waals surface area contributed by atoms with Crippen molar-refractivity contribution in [2.75, 3.05) is 24.6 Å². The number of rotatable bonds is 4. The third-order valence-electron chi connectivity index (χ3n) is 6.10. The topological polar surface area (TPSA) is 73.5 Å². The second kappa shape index (κ2) is 7.72. The van der Waals surface area contributed by atoms with E-state index in [9.17, 15) is 0 Å². The molecule has 0 radical (unpaired) electrons. The Hall–Kier alpha value is -2.93. The lowest BCUT2D eigenvalue weighted by molar-refractivity contribution is -0.0767. The summed E-state index contributed by atoms with van der Waals surface area (Å²) in [7, 11) is 0. The molecule has 1 spiro atoms. The van der Waals surface area contributed by atoms with E-state index >= 15 is 0 Å². The molecule has 0 amide bonds. The molecule has 30 heavy (non-hydrogen) atoms. The van der Waals surface area contributed by atoms with Gasteiger partial charge in [0, 0.05) is 32.4 Å². The van der Waals surface area contributed by atoms with Crippen LogP contribution in [0, 0.1) is 13.8 Å². The fraction of sp³-hybridized carbons (Fsp3) is 0.435. The van der Waals surface area contributed by atoms with E-state index in [4.69, 9.17) is 13.9 Å². The van der Waals surface area contributed by atoms with Gasteiger partial charge in [-0.2, -0.15) is 0 Å². The highest BCUT2D eigenvalue weighted by Gasteiger charge is 2.41. The summed E-state index contributed by atoms with van der Waals surface area (Å²) in [6.07, 6.45) is 7.94. The van der Waals surface area contributed by atoms with E-state index < -0.39 is 0 Å². The number of anilines is 1. The van der Waals surface area contributed by atoms with E-state index in [-0.39, 0.29) is 5.60 Å². The van der Waals surface area contributed by atoms with Crippen LogP contribution in [0.15, 0.2) is 41.3 Å². The summed E-state index contributed by atoms with van der Waals surface area (Å²) in [6.45, 7) is 6.80. The minimum Gasteiger partial charge on any atom is -0.487 e. The predicted molar refractivity (Wildman–Crippen MR) is 112 cm³/mol. The van der Waals surface area contributed by atoms with Gasteiger partial charge in [0.25, 0.3) is 0 Å². The minimum atomic E-state index is -0.220. The largest absolute Gasteiger partial charge is 0.487 e. The number of ether oxygens (including phenoxy) is 2. The van der Waals surface area contributed by atoms with Crippen molar-refractivity contribution in [1.82, 2.24) is 15.0 Å². The summed E-state index contributed by atoms with van der Waals surface area (Å²) >= 11 is 0. The van der Waals surface area contributed by atoms with Crippen LogP contribution in [0.5, 0.6) is 5.75 Å². The molecule has 0 N–H and O–H groups in total. The standard InChI is InChI=1S/C23H26N4O3/c1-16-22(25-9-8-24-16)27-10-6-23(7-11-27)21-4-3-20(13-18(21)5-12-30-23)29-15-19-14-28-17(2)26-19/h3-4,8-9,13-14H,5-7,10-12,15H2,1-2H3. The Morgan fingerprint density at radius 3 is 2.73 bits per heavy atom. The zero-order valence-electron chi connectivity index (χ0n) is 17.4. The molecule has 3 aromatic rings. The van der Waals surface area contributed by atoms with Crippen molar-refractivity contribution in [3.05, 3.63) is 65.3 Å². The number of aryl methyl sites for hydroxylation is 2. The quantitative estimate of drug-likeness (QED) is 0.654. The molecule has 0 bridgehead atoms. The molecule has 0 atom stereocenters. The van der Waals surface area contributed by atoms with Crippen molar-refractivity contribution < 1.29 is 13.9 Å². The van der Waals surface area contributed by atoms with Crippen LogP contribution in [0.3, 0.4) is 0 Å². The lowest BCUT2D eigenvalue weighted by atomic mass is 9.79. The van der Waals surface area contributed by atoms with E-state index in [0.29, 0.717) is 12.5 Å². The molecule has 0 aliphatic carbocycles. The summed E-state index contributed by atoms with van der Waals surface area (Å²) in [5.41, 5.74) is 4.18. The second-order valence-corrected chi connectivity index (χ2v) is 8.01. The van der Waals surface area contributed by atoms with Crippen LogP contribution in [0.4, 0.5) is 5.82 Å². The fourth-order valence-corrected chi connectivity index (χ4v) is 4.58. The summed E-state index contributed by atoms with van der Waals surface area (Å²) in [6, 6.07) is 6.38. The fourth-order valence-electron chi connectivity index (χ4n) is 4.58. The van der Waals surface area contributed by atoms with Gasteiger partial charge in [-0.3, -0.25) is 4.98 Å². The molecular formula is C23H26N4O3. The Kier molecular flexibility index (Phi) is 4.90. The van der Waals surface area contributed by atoms with Crippen LogP contribution in [0.25, 0.3) is 0 Å². The first-order chi connectivity index (χ1) is 14.6. The van der Waals surface area contributed by atoms with Crippen molar-refractivity contribution in [3.63, 3.8) is 0 Å². The van der Waals surface area contributed by atoms with Gasteiger partial charge in [0.15, 0.2) is 5.89 Å². The summed E-state index contributed by atoms with van der Waals surface area (Å²) in [4.78, 5) is 15.5. The maximum Gasteiger partial charge on any atom is 0.191 e. The molecule has 1 aromatic carbocycles.